The Bertz CT molecular complexity index is 1450. The Morgan fingerprint density at radius 2 is 1.86 bits per heavy atom. The summed E-state index contributed by atoms with van der Waals surface area (Å²) < 4.78 is 5.94. The van der Waals surface area contributed by atoms with Gasteiger partial charge in [0.2, 0.25) is 0 Å². The lowest BCUT2D eigenvalue weighted by molar-refractivity contribution is -0.137. The lowest BCUT2D eigenvalue weighted by Gasteiger charge is -2.16. The lowest BCUT2D eigenvalue weighted by atomic mass is 9.87. The number of aromatic amines is 1. The fraction of sp³-hybridized carbons (Fsp3) is 0.172. The first-order valence-corrected chi connectivity index (χ1v) is 11.8. The quantitative estimate of drug-likeness (QED) is 0.214. The molecule has 5 aromatic rings. The monoisotopic (exact) mass is 465 g/mol. The summed E-state index contributed by atoms with van der Waals surface area (Å²) in [4.78, 5) is 19.3. The van der Waals surface area contributed by atoms with E-state index in [1.807, 2.05) is 60.8 Å². The Labute approximate surface area is 203 Å². The van der Waals surface area contributed by atoms with Crippen LogP contribution in [-0.4, -0.2) is 34.2 Å². The van der Waals surface area contributed by atoms with Crippen molar-refractivity contribution in [1.82, 2.24) is 9.97 Å². The number of carboxylic acids is 1. The Morgan fingerprint density at radius 3 is 2.69 bits per heavy atom. The third-order valence-corrected chi connectivity index (χ3v) is 6.18. The summed E-state index contributed by atoms with van der Waals surface area (Å²) in [6.07, 6.45) is 4.55. The van der Waals surface area contributed by atoms with Crippen molar-refractivity contribution in [3.05, 3.63) is 102 Å². The number of pyridine rings is 1. The van der Waals surface area contributed by atoms with Gasteiger partial charge in [0.1, 0.15) is 11.6 Å². The number of H-pyrrole nitrogens is 1. The number of carbonyl (C=O) groups is 1. The summed E-state index contributed by atoms with van der Waals surface area (Å²) in [6.45, 7) is 1.35. The highest BCUT2D eigenvalue weighted by Gasteiger charge is 2.21. The third-order valence-electron chi connectivity index (χ3n) is 6.18. The Hall–Kier alpha value is -4.32. The summed E-state index contributed by atoms with van der Waals surface area (Å²) in [5.74, 6) is 0.562. The first-order valence-electron chi connectivity index (χ1n) is 11.8. The SMILES string of the molecule is O=C(O)CC(c1ccc2ccccc2c1)c1c[nH]c2cc(OCCCNc3ccccn3)ccc12. The van der Waals surface area contributed by atoms with Gasteiger partial charge in [-0.2, -0.15) is 0 Å². The van der Waals surface area contributed by atoms with E-state index in [2.05, 4.69) is 39.6 Å². The minimum Gasteiger partial charge on any atom is -0.493 e. The highest BCUT2D eigenvalue weighted by molar-refractivity contribution is 5.87. The number of rotatable bonds is 10. The van der Waals surface area contributed by atoms with Crippen LogP contribution in [0.1, 0.15) is 29.9 Å². The predicted octanol–water partition coefficient (Wildman–Crippen LogP) is 6.20. The summed E-state index contributed by atoms with van der Waals surface area (Å²) >= 11 is 0. The number of benzene rings is 3. The van der Waals surface area contributed by atoms with Crippen LogP contribution >= 0.6 is 0 Å². The van der Waals surface area contributed by atoms with E-state index in [-0.39, 0.29) is 12.3 Å². The molecule has 35 heavy (non-hydrogen) atoms. The number of hydrogen-bond donors (Lipinski definition) is 3. The molecule has 0 aliphatic carbocycles. The maximum absolute atomic E-state index is 11.8. The summed E-state index contributed by atoms with van der Waals surface area (Å²) in [5.41, 5.74) is 2.90. The van der Waals surface area contributed by atoms with E-state index < -0.39 is 5.97 Å². The van der Waals surface area contributed by atoms with Gasteiger partial charge in [0.15, 0.2) is 0 Å². The number of nitrogens with one attached hydrogen (secondary N) is 2. The van der Waals surface area contributed by atoms with Crippen molar-refractivity contribution in [1.29, 1.82) is 0 Å². The highest BCUT2D eigenvalue weighted by atomic mass is 16.5. The molecule has 1 unspecified atom stereocenters. The number of aliphatic carboxylic acids is 1. The van der Waals surface area contributed by atoms with Crippen molar-refractivity contribution in [2.24, 2.45) is 0 Å². The van der Waals surface area contributed by atoms with Crippen LogP contribution in [-0.2, 0) is 4.79 Å². The molecule has 2 aromatic heterocycles. The van der Waals surface area contributed by atoms with E-state index in [0.717, 1.165) is 57.3 Å². The second kappa shape index (κ2) is 10.3. The summed E-state index contributed by atoms with van der Waals surface area (Å²) in [6, 6.07) is 26.0. The van der Waals surface area contributed by atoms with Gasteiger partial charge in [-0.3, -0.25) is 4.79 Å². The molecule has 3 aromatic carbocycles. The molecule has 0 saturated heterocycles. The van der Waals surface area contributed by atoms with Gasteiger partial charge >= 0.3 is 5.97 Å². The molecule has 0 bridgehead atoms. The zero-order valence-corrected chi connectivity index (χ0v) is 19.3. The largest absolute Gasteiger partial charge is 0.493 e. The zero-order chi connectivity index (χ0) is 24.0. The van der Waals surface area contributed by atoms with E-state index >= 15 is 0 Å². The van der Waals surface area contributed by atoms with Crippen LogP contribution in [0.2, 0.25) is 0 Å². The topological polar surface area (TPSA) is 87.2 Å². The van der Waals surface area contributed by atoms with Crippen LogP contribution in [0.15, 0.2) is 91.3 Å². The van der Waals surface area contributed by atoms with Gasteiger partial charge in [-0.1, -0.05) is 48.5 Å². The van der Waals surface area contributed by atoms with Gasteiger partial charge in [0.25, 0.3) is 0 Å². The minimum absolute atomic E-state index is 0.0207. The zero-order valence-electron chi connectivity index (χ0n) is 19.3. The average molecular weight is 466 g/mol. The van der Waals surface area contributed by atoms with Crippen molar-refractivity contribution in [2.75, 3.05) is 18.5 Å². The molecule has 6 nitrogen and oxygen atoms in total. The first-order chi connectivity index (χ1) is 17.2. The summed E-state index contributed by atoms with van der Waals surface area (Å²) in [7, 11) is 0. The van der Waals surface area contributed by atoms with Crippen LogP contribution in [0.3, 0.4) is 0 Å². The molecule has 0 fully saturated rings. The van der Waals surface area contributed by atoms with E-state index in [1.165, 1.54) is 0 Å². The number of ether oxygens (including phenoxy) is 1. The van der Waals surface area contributed by atoms with Gasteiger partial charge in [0.05, 0.1) is 13.0 Å². The van der Waals surface area contributed by atoms with Crippen LogP contribution in [0, 0.1) is 0 Å². The minimum atomic E-state index is -0.822. The molecule has 0 radical (unpaired) electrons. The third kappa shape index (κ3) is 5.27. The molecule has 176 valence electrons. The van der Waals surface area contributed by atoms with Crippen molar-refractivity contribution in [2.45, 2.75) is 18.8 Å². The van der Waals surface area contributed by atoms with Gasteiger partial charge in [0, 0.05) is 41.8 Å². The van der Waals surface area contributed by atoms with Gasteiger partial charge in [-0.25, -0.2) is 4.98 Å². The smallest absolute Gasteiger partial charge is 0.304 e. The Morgan fingerprint density at radius 1 is 1.00 bits per heavy atom. The number of carboxylic acid groups (broad SMARTS) is 1. The van der Waals surface area contributed by atoms with Crippen molar-refractivity contribution < 1.29 is 14.6 Å². The number of hydrogen-bond acceptors (Lipinski definition) is 4. The molecule has 3 N–H and O–H groups in total. The molecular formula is C29H27N3O3. The molecule has 6 heteroatoms. The van der Waals surface area contributed by atoms with Gasteiger partial charge in [-0.05, 0) is 52.6 Å². The molecule has 0 amide bonds. The molecule has 0 spiro atoms. The van der Waals surface area contributed by atoms with E-state index in [0.29, 0.717) is 6.61 Å². The number of anilines is 1. The van der Waals surface area contributed by atoms with E-state index in [1.54, 1.807) is 6.20 Å². The Balaban J connectivity index is 1.31. The van der Waals surface area contributed by atoms with Gasteiger partial charge < -0.3 is 20.1 Å². The van der Waals surface area contributed by atoms with Crippen LogP contribution in [0.4, 0.5) is 5.82 Å². The molecule has 1 atom stereocenters. The average Bonchev–Trinajstić information content (AvgIpc) is 3.30. The molecule has 5 rings (SSSR count). The first kappa shape index (κ1) is 22.5. The Kier molecular flexibility index (Phi) is 6.61. The maximum Gasteiger partial charge on any atom is 0.304 e. The molecule has 0 saturated carbocycles. The summed E-state index contributed by atoms with van der Waals surface area (Å²) in [5, 5.41) is 16.2. The highest BCUT2D eigenvalue weighted by Crippen LogP contribution is 2.36. The van der Waals surface area contributed by atoms with E-state index in [9.17, 15) is 9.90 Å². The van der Waals surface area contributed by atoms with Crippen LogP contribution < -0.4 is 10.1 Å². The molecule has 2 heterocycles. The van der Waals surface area contributed by atoms with Crippen molar-refractivity contribution >= 4 is 33.5 Å². The van der Waals surface area contributed by atoms with Gasteiger partial charge in [-0.15, -0.1) is 0 Å². The fourth-order valence-electron chi connectivity index (χ4n) is 4.46. The molecule has 0 aliphatic heterocycles. The second-order valence-electron chi connectivity index (χ2n) is 8.55. The van der Waals surface area contributed by atoms with Crippen molar-refractivity contribution in [3.8, 4) is 5.75 Å². The van der Waals surface area contributed by atoms with E-state index in [4.69, 9.17) is 4.74 Å². The number of aromatic nitrogens is 2. The van der Waals surface area contributed by atoms with Crippen LogP contribution in [0.25, 0.3) is 21.7 Å². The standard InChI is InChI=1S/C29H27N3O3/c33-29(34)18-25(22-10-9-20-6-1-2-7-21(20)16-22)26-19-32-27-17-23(11-12-24(26)27)35-15-5-14-31-28-8-3-4-13-30-28/h1-4,6-13,16-17,19,25,32H,5,14-15,18H2,(H,30,31)(H,33,34). The molecule has 0 aliphatic rings. The van der Waals surface area contributed by atoms with Crippen LogP contribution in [0.5, 0.6) is 5.75 Å². The predicted molar refractivity (Wildman–Crippen MR) is 139 cm³/mol. The second-order valence-corrected chi connectivity index (χ2v) is 8.55. The lowest BCUT2D eigenvalue weighted by Crippen LogP contribution is -2.08. The van der Waals surface area contributed by atoms with Crippen molar-refractivity contribution in [3.63, 3.8) is 0 Å². The maximum atomic E-state index is 11.8. The number of fused-ring (bicyclic) bond motifs is 2. The normalized spacial score (nSPS) is 12.0. The number of nitrogens with zero attached hydrogens (tertiary/aromatic N) is 1. The molecular weight excluding hydrogens is 438 g/mol. The fourth-order valence-corrected chi connectivity index (χ4v) is 4.46.